The van der Waals surface area contributed by atoms with Gasteiger partial charge >= 0.3 is 0 Å². The van der Waals surface area contributed by atoms with Crippen LogP contribution in [0.5, 0.6) is 0 Å². The first-order valence-corrected chi connectivity index (χ1v) is 4.19. The summed E-state index contributed by atoms with van der Waals surface area (Å²) in [6, 6.07) is 4.38. The number of rotatable bonds is 3. The number of non-ortho nitro benzene ring substituents is 1. The molecular weight excluding hydrogens is 200 g/mol. The molecule has 7 nitrogen and oxygen atoms in total. The smallest absolute Gasteiger partial charge is 0.271 e. The molecule has 0 radical (unpaired) electrons. The lowest BCUT2D eigenvalue weighted by Gasteiger charge is -1.98. The summed E-state index contributed by atoms with van der Waals surface area (Å²) in [6.45, 7) is 0.220. The third-order valence-corrected chi connectivity index (χ3v) is 1.96. The number of nitro benzene ring substituents is 1. The van der Waals surface area contributed by atoms with Gasteiger partial charge in [0.05, 0.1) is 10.4 Å². The molecule has 1 heterocycles. The third kappa shape index (κ3) is 1.64. The van der Waals surface area contributed by atoms with E-state index in [2.05, 4.69) is 10.3 Å². The van der Waals surface area contributed by atoms with Gasteiger partial charge in [-0.3, -0.25) is 10.1 Å². The van der Waals surface area contributed by atoms with Crippen LogP contribution in [0.4, 0.5) is 5.69 Å². The predicted molar refractivity (Wildman–Crippen MR) is 51.2 cm³/mol. The lowest BCUT2D eigenvalue weighted by atomic mass is 10.3. The molecule has 1 aromatic heterocycles. The van der Waals surface area contributed by atoms with Crippen molar-refractivity contribution in [2.24, 2.45) is 0 Å². The molecular formula is C8H8N4O3. The molecule has 0 aliphatic carbocycles. The molecule has 0 unspecified atom stereocenters. The normalized spacial score (nSPS) is 10.7. The fraction of sp³-hybridized carbons (Fsp3) is 0.250. The number of benzene rings is 1. The van der Waals surface area contributed by atoms with E-state index in [-0.39, 0.29) is 12.4 Å². The van der Waals surface area contributed by atoms with E-state index >= 15 is 0 Å². The van der Waals surface area contributed by atoms with Crippen LogP contribution >= 0.6 is 0 Å². The molecule has 0 amide bonds. The summed E-state index contributed by atoms with van der Waals surface area (Å²) in [4.78, 5) is 10.1. The first kappa shape index (κ1) is 9.53. The van der Waals surface area contributed by atoms with Crippen molar-refractivity contribution in [3.8, 4) is 0 Å². The second kappa shape index (κ2) is 3.62. The average molecular weight is 208 g/mol. The SMILES string of the molecule is COCn1nnc2ccc([N+](=O)[O-])cc21. The van der Waals surface area contributed by atoms with Crippen LogP contribution in [-0.2, 0) is 11.5 Å². The molecule has 0 N–H and O–H groups in total. The van der Waals surface area contributed by atoms with Crippen molar-refractivity contribution in [3.63, 3.8) is 0 Å². The molecule has 2 rings (SSSR count). The molecule has 15 heavy (non-hydrogen) atoms. The van der Waals surface area contributed by atoms with Gasteiger partial charge in [0.25, 0.3) is 5.69 Å². The van der Waals surface area contributed by atoms with E-state index in [1.807, 2.05) is 0 Å². The lowest BCUT2D eigenvalue weighted by Crippen LogP contribution is -2.01. The van der Waals surface area contributed by atoms with E-state index in [0.29, 0.717) is 11.0 Å². The van der Waals surface area contributed by atoms with Gasteiger partial charge in [-0.25, -0.2) is 4.68 Å². The zero-order chi connectivity index (χ0) is 10.8. The molecule has 0 aliphatic heterocycles. The van der Waals surface area contributed by atoms with Crippen molar-refractivity contribution in [2.75, 3.05) is 7.11 Å². The van der Waals surface area contributed by atoms with Crippen LogP contribution in [0.3, 0.4) is 0 Å². The Bertz CT molecular complexity index is 508. The topological polar surface area (TPSA) is 83.1 Å². The molecule has 0 saturated carbocycles. The molecule has 0 bridgehead atoms. The molecule has 0 aliphatic rings. The van der Waals surface area contributed by atoms with Crippen molar-refractivity contribution in [1.82, 2.24) is 15.0 Å². The van der Waals surface area contributed by atoms with E-state index in [1.165, 1.54) is 23.9 Å². The summed E-state index contributed by atoms with van der Waals surface area (Å²) in [7, 11) is 1.52. The maximum absolute atomic E-state index is 10.6. The Kier molecular flexibility index (Phi) is 2.30. The van der Waals surface area contributed by atoms with E-state index in [1.54, 1.807) is 6.07 Å². The standard InChI is InChI=1S/C8H8N4O3/c1-15-5-11-8-4-6(12(13)14)2-3-7(8)9-10-11/h2-4H,5H2,1H3. The van der Waals surface area contributed by atoms with Gasteiger partial charge in [0.15, 0.2) is 0 Å². The summed E-state index contributed by atoms with van der Waals surface area (Å²) in [5.41, 5.74) is 1.21. The molecule has 7 heteroatoms. The van der Waals surface area contributed by atoms with Gasteiger partial charge in [0.2, 0.25) is 0 Å². The van der Waals surface area contributed by atoms with Crippen LogP contribution in [0.15, 0.2) is 18.2 Å². The average Bonchev–Trinajstić information content (AvgIpc) is 2.61. The van der Waals surface area contributed by atoms with Gasteiger partial charge in [-0.15, -0.1) is 5.10 Å². The van der Waals surface area contributed by atoms with E-state index in [4.69, 9.17) is 4.74 Å². The highest BCUT2D eigenvalue weighted by Crippen LogP contribution is 2.18. The highest BCUT2D eigenvalue weighted by molar-refractivity contribution is 5.76. The van der Waals surface area contributed by atoms with E-state index in [0.717, 1.165) is 0 Å². The van der Waals surface area contributed by atoms with Crippen molar-refractivity contribution in [1.29, 1.82) is 0 Å². The van der Waals surface area contributed by atoms with Gasteiger partial charge in [0.1, 0.15) is 12.2 Å². The highest BCUT2D eigenvalue weighted by Gasteiger charge is 2.10. The Hall–Kier alpha value is -2.02. The van der Waals surface area contributed by atoms with Gasteiger partial charge in [-0.05, 0) is 6.07 Å². The van der Waals surface area contributed by atoms with Gasteiger partial charge in [0, 0.05) is 19.2 Å². The Balaban J connectivity index is 2.56. The summed E-state index contributed by atoms with van der Waals surface area (Å²) in [6.07, 6.45) is 0. The van der Waals surface area contributed by atoms with E-state index in [9.17, 15) is 10.1 Å². The number of nitro groups is 1. The summed E-state index contributed by atoms with van der Waals surface area (Å²) < 4.78 is 6.35. The second-order valence-corrected chi connectivity index (χ2v) is 2.94. The maximum atomic E-state index is 10.6. The number of hydrogen-bond acceptors (Lipinski definition) is 5. The molecule has 0 atom stereocenters. The van der Waals surface area contributed by atoms with Gasteiger partial charge in [-0.2, -0.15) is 0 Å². The molecule has 2 aromatic rings. The van der Waals surface area contributed by atoms with Crippen LogP contribution < -0.4 is 0 Å². The van der Waals surface area contributed by atoms with Crippen LogP contribution in [0, 0.1) is 10.1 Å². The van der Waals surface area contributed by atoms with Gasteiger partial charge < -0.3 is 4.74 Å². The molecule has 78 valence electrons. The number of fused-ring (bicyclic) bond motifs is 1. The number of nitrogens with zero attached hydrogens (tertiary/aromatic N) is 4. The van der Waals surface area contributed by atoms with Crippen molar-refractivity contribution < 1.29 is 9.66 Å². The van der Waals surface area contributed by atoms with E-state index < -0.39 is 4.92 Å². The summed E-state index contributed by atoms with van der Waals surface area (Å²) in [5, 5.41) is 18.2. The van der Waals surface area contributed by atoms with Crippen LogP contribution in [0.25, 0.3) is 11.0 Å². The largest absolute Gasteiger partial charge is 0.362 e. The lowest BCUT2D eigenvalue weighted by molar-refractivity contribution is -0.384. The molecule has 0 spiro atoms. The zero-order valence-corrected chi connectivity index (χ0v) is 7.95. The fourth-order valence-corrected chi connectivity index (χ4v) is 1.28. The summed E-state index contributed by atoms with van der Waals surface area (Å²) >= 11 is 0. The Labute approximate surface area is 84.4 Å². The maximum Gasteiger partial charge on any atom is 0.271 e. The molecule has 0 saturated heterocycles. The number of aromatic nitrogens is 3. The Morgan fingerprint density at radius 3 is 3.07 bits per heavy atom. The first-order valence-electron chi connectivity index (χ1n) is 4.19. The minimum Gasteiger partial charge on any atom is -0.362 e. The number of hydrogen-bond donors (Lipinski definition) is 0. The molecule has 0 fully saturated rings. The fourth-order valence-electron chi connectivity index (χ4n) is 1.28. The molecule has 1 aromatic carbocycles. The van der Waals surface area contributed by atoms with Gasteiger partial charge in [-0.1, -0.05) is 5.21 Å². The quantitative estimate of drug-likeness (QED) is 0.553. The van der Waals surface area contributed by atoms with Crippen molar-refractivity contribution in [2.45, 2.75) is 6.73 Å². The van der Waals surface area contributed by atoms with Crippen molar-refractivity contribution in [3.05, 3.63) is 28.3 Å². The van der Waals surface area contributed by atoms with Crippen LogP contribution in [0.2, 0.25) is 0 Å². The predicted octanol–water partition coefficient (Wildman–Crippen LogP) is 0.943. The van der Waals surface area contributed by atoms with Crippen molar-refractivity contribution >= 4 is 16.7 Å². The summed E-state index contributed by atoms with van der Waals surface area (Å²) in [5.74, 6) is 0. The second-order valence-electron chi connectivity index (χ2n) is 2.94. The number of methoxy groups -OCH3 is 1. The first-order chi connectivity index (χ1) is 7.22. The highest BCUT2D eigenvalue weighted by atomic mass is 16.6. The monoisotopic (exact) mass is 208 g/mol. The zero-order valence-electron chi connectivity index (χ0n) is 7.95. The minimum atomic E-state index is -0.455. The Morgan fingerprint density at radius 2 is 2.40 bits per heavy atom. The number of ether oxygens (including phenoxy) is 1. The Morgan fingerprint density at radius 1 is 1.60 bits per heavy atom. The minimum absolute atomic E-state index is 0.0159. The third-order valence-electron chi connectivity index (χ3n) is 1.96. The van der Waals surface area contributed by atoms with Crippen LogP contribution in [0.1, 0.15) is 0 Å². The van der Waals surface area contributed by atoms with Crippen LogP contribution in [-0.4, -0.2) is 27.0 Å².